The molecule has 1 aromatic rings. The maximum Gasteiger partial charge on any atom is 0.0665 e. The lowest BCUT2D eigenvalue weighted by molar-refractivity contribution is 0.173. The molecule has 0 heterocycles. The fourth-order valence-corrected chi connectivity index (χ4v) is 2.03. The van der Waals surface area contributed by atoms with Crippen LogP contribution < -0.4 is 5.73 Å². The maximum atomic E-state index is 9.33. The van der Waals surface area contributed by atoms with E-state index in [0.29, 0.717) is 6.54 Å². The van der Waals surface area contributed by atoms with E-state index in [1.807, 2.05) is 11.8 Å². The van der Waals surface area contributed by atoms with Gasteiger partial charge in [-0.25, -0.2) is 0 Å². The molecule has 0 aliphatic heterocycles. The molecule has 0 radical (unpaired) electrons. The van der Waals surface area contributed by atoms with Crippen LogP contribution in [0.3, 0.4) is 0 Å². The number of rotatable bonds is 6. The second kappa shape index (κ2) is 6.88. The van der Waals surface area contributed by atoms with Crippen LogP contribution in [-0.4, -0.2) is 23.5 Å². The van der Waals surface area contributed by atoms with E-state index < -0.39 is 0 Å². The molecule has 0 saturated heterocycles. The Hall–Kier alpha value is -0.510. The predicted molar refractivity (Wildman–Crippen MR) is 66.2 cm³/mol. The van der Waals surface area contributed by atoms with Gasteiger partial charge in [0.1, 0.15) is 0 Å². The van der Waals surface area contributed by atoms with Crippen LogP contribution in [0.15, 0.2) is 29.2 Å². The van der Waals surface area contributed by atoms with Gasteiger partial charge in [-0.05, 0) is 36.3 Å². The zero-order valence-corrected chi connectivity index (χ0v) is 9.96. The molecule has 1 unspecified atom stereocenters. The van der Waals surface area contributed by atoms with E-state index >= 15 is 0 Å². The van der Waals surface area contributed by atoms with E-state index in [2.05, 4.69) is 31.2 Å². The van der Waals surface area contributed by atoms with E-state index in [1.54, 1.807) is 0 Å². The van der Waals surface area contributed by atoms with Gasteiger partial charge in [0.05, 0.1) is 6.10 Å². The summed E-state index contributed by atoms with van der Waals surface area (Å²) in [5.74, 6) is 1.10. The first-order chi connectivity index (χ1) is 7.26. The van der Waals surface area contributed by atoms with Crippen LogP contribution in [0.4, 0.5) is 0 Å². The zero-order chi connectivity index (χ0) is 11.1. The second-order valence-electron chi connectivity index (χ2n) is 3.51. The van der Waals surface area contributed by atoms with Crippen LogP contribution in [0.2, 0.25) is 0 Å². The Balaban J connectivity index is 2.42. The van der Waals surface area contributed by atoms with E-state index in [-0.39, 0.29) is 6.10 Å². The topological polar surface area (TPSA) is 46.2 Å². The summed E-state index contributed by atoms with van der Waals surface area (Å²) in [4.78, 5) is 1.31. The highest BCUT2D eigenvalue weighted by Crippen LogP contribution is 2.18. The minimum Gasteiger partial charge on any atom is -0.392 e. The fourth-order valence-electron chi connectivity index (χ4n) is 1.37. The Bertz CT molecular complexity index is 273. The van der Waals surface area contributed by atoms with E-state index in [1.165, 1.54) is 10.5 Å². The summed E-state index contributed by atoms with van der Waals surface area (Å²) in [6, 6.07) is 8.53. The highest BCUT2D eigenvalue weighted by atomic mass is 32.2. The molecule has 0 aliphatic carbocycles. The van der Waals surface area contributed by atoms with Gasteiger partial charge in [-0.3, -0.25) is 0 Å². The number of nitrogens with two attached hydrogens (primary N) is 1. The average molecular weight is 225 g/mol. The molecule has 1 rings (SSSR count). The molecule has 0 bridgehead atoms. The summed E-state index contributed by atoms with van der Waals surface area (Å²) >= 11 is 1.84. The van der Waals surface area contributed by atoms with E-state index in [4.69, 9.17) is 5.73 Å². The molecule has 1 atom stereocenters. The summed E-state index contributed by atoms with van der Waals surface area (Å²) in [6.07, 6.45) is 1.28. The van der Waals surface area contributed by atoms with Gasteiger partial charge in [-0.2, -0.15) is 0 Å². The van der Waals surface area contributed by atoms with Gasteiger partial charge < -0.3 is 10.8 Å². The standard InChI is InChI=1S/C12H19NOS/c1-2-15-12-7-4-10(5-8-12)3-6-11(14)9-13/h4-5,7-8,11,14H,2-3,6,9,13H2,1H3. The monoisotopic (exact) mass is 225 g/mol. The summed E-state index contributed by atoms with van der Waals surface area (Å²) in [6.45, 7) is 2.50. The highest BCUT2D eigenvalue weighted by molar-refractivity contribution is 7.99. The van der Waals surface area contributed by atoms with Crippen molar-refractivity contribution in [2.24, 2.45) is 5.73 Å². The molecule has 0 fully saturated rings. The molecule has 0 aliphatic rings. The van der Waals surface area contributed by atoms with E-state index in [9.17, 15) is 5.11 Å². The van der Waals surface area contributed by atoms with Crippen molar-refractivity contribution in [3.63, 3.8) is 0 Å². The maximum absolute atomic E-state index is 9.33. The largest absolute Gasteiger partial charge is 0.392 e. The van der Waals surface area contributed by atoms with Gasteiger partial charge in [-0.15, -0.1) is 11.8 Å². The molecular formula is C12H19NOS. The van der Waals surface area contributed by atoms with Gasteiger partial charge in [0.15, 0.2) is 0 Å². The molecule has 3 N–H and O–H groups in total. The number of thioether (sulfide) groups is 1. The molecule has 0 amide bonds. The SMILES string of the molecule is CCSc1ccc(CCC(O)CN)cc1. The number of benzene rings is 1. The van der Waals surface area contributed by atoms with Gasteiger partial charge in [-0.1, -0.05) is 19.1 Å². The minimum atomic E-state index is -0.366. The Morgan fingerprint density at radius 2 is 2.00 bits per heavy atom. The summed E-state index contributed by atoms with van der Waals surface area (Å²) < 4.78 is 0. The molecule has 3 heteroatoms. The quantitative estimate of drug-likeness (QED) is 0.728. The smallest absolute Gasteiger partial charge is 0.0665 e. The summed E-state index contributed by atoms with van der Waals surface area (Å²) in [5, 5.41) is 9.33. The van der Waals surface area contributed by atoms with Gasteiger partial charge >= 0.3 is 0 Å². The van der Waals surface area contributed by atoms with Crippen molar-refractivity contribution in [1.29, 1.82) is 0 Å². The van der Waals surface area contributed by atoms with Crippen molar-refractivity contribution >= 4 is 11.8 Å². The lowest BCUT2D eigenvalue weighted by atomic mass is 10.1. The third-order valence-electron chi connectivity index (χ3n) is 2.27. The van der Waals surface area contributed by atoms with E-state index in [0.717, 1.165) is 18.6 Å². The molecule has 0 spiro atoms. The summed E-state index contributed by atoms with van der Waals surface area (Å²) in [7, 11) is 0. The first-order valence-corrected chi connectivity index (χ1v) is 6.34. The fraction of sp³-hybridized carbons (Fsp3) is 0.500. The molecular weight excluding hydrogens is 206 g/mol. The Kier molecular flexibility index (Phi) is 5.76. The first kappa shape index (κ1) is 12.6. The van der Waals surface area contributed by atoms with Crippen molar-refractivity contribution in [1.82, 2.24) is 0 Å². The number of aliphatic hydroxyl groups excluding tert-OH is 1. The van der Waals surface area contributed by atoms with Crippen LogP contribution >= 0.6 is 11.8 Å². The number of hydrogen-bond donors (Lipinski definition) is 2. The van der Waals surface area contributed by atoms with Crippen molar-refractivity contribution in [3.05, 3.63) is 29.8 Å². The van der Waals surface area contributed by atoms with Crippen molar-refractivity contribution in [2.75, 3.05) is 12.3 Å². The Morgan fingerprint density at radius 1 is 1.33 bits per heavy atom. The van der Waals surface area contributed by atoms with Gasteiger partial charge in [0.2, 0.25) is 0 Å². The van der Waals surface area contributed by atoms with Gasteiger partial charge in [0, 0.05) is 11.4 Å². The van der Waals surface area contributed by atoms with Crippen molar-refractivity contribution in [2.45, 2.75) is 30.8 Å². The first-order valence-electron chi connectivity index (χ1n) is 5.36. The Morgan fingerprint density at radius 3 is 2.53 bits per heavy atom. The van der Waals surface area contributed by atoms with Crippen LogP contribution in [0.5, 0.6) is 0 Å². The molecule has 1 aromatic carbocycles. The third-order valence-corrected chi connectivity index (χ3v) is 3.17. The summed E-state index contributed by atoms with van der Waals surface area (Å²) in [5.41, 5.74) is 6.61. The second-order valence-corrected chi connectivity index (χ2v) is 4.84. The molecule has 15 heavy (non-hydrogen) atoms. The van der Waals surface area contributed by atoms with Gasteiger partial charge in [0.25, 0.3) is 0 Å². The number of aliphatic hydroxyl groups is 1. The Labute approximate surface area is 95.9 Å². The number of aryl methyl sites for hydroxylation is 1. The molecule has 0 saturated carbocycles. The zero-order valence-electron chi connectivity index (χ0n) is 9.15. The minimum absolute atomic E-state index is 0.351. The van der Waals surface area contributed by atoms with Crippen LogP contribution in [0, 0.1) is 0 Å². The lowest BCUT2D eigenvalue weighted by Crippen LogP contribution is -2.20. The lowest BCUT2D eigenvalue weighted by Gasteiger charge is -2.07. The number of hydrogen-bond acceptors (Lipinski definition) is 3. The average Bonchev–Trinajstić information content (AvgIpc) is 2.28. The van der Waals surface area contributed by atoms with Crippen molar-refractivity contribution < 1.29 is 5.11 Å². The van der Waals surface area contributed by atoms with Crippen molar-refractivity contribution in [3.8, 4) is 0 Å². The van der Waals surface area contributed by atoms with Crippen LogP contribution in [0.25, 0.3) is 0 Å². The molecule has 2 nitrogen and oxygen atoms in total. The predicted octanol–water partition coefficient (Wildman–Crippen LogP) is 2.05. The highest BCUT2D eigenvalue weighted by Gasteiger charge is 2.01. The molecule has 84 valence electrons. The molecule has 0 aromatic heterocycles. The normalized spacial score (nSPS) is 12.7. The van der Waals surface area contributed by atoms with Crippen LogP contribution in [-0.2, 0) is 6.42 Å². The van der Waals surface area contributed by atoms with Crippen LogP contribution in [0.1, 0.15) is 18.9 Å². The third kappa shape index (κ3) is 4.69.